The van der Waals surface area contributed by atoms with Crippen LogP contribution in [0.3, 0.4) is 0 Å². The van der Waals surface area contributed by atoms with E-state index in [1.165, 1.54) is 12.1 Å². The molecule has 5 heteroatoms. The molecule has 0 bridgehead atoms. The Hall–Kier alpha value is -2.56. The Balaban J connectivity index is 2.00. The van der Waals surface area contributed by atoms with Gasteiger partial charge in [0.25, 0.3) is 5.91 Å². The fraction of sp³-hybridized carbons (Fsp3) is 0.188. The van der Waals surface area contributed by atoms with E-state index >= 15 is 0 Å². The Bertz CT molecular complexity index is 692. The largest absolute Gasteiger partial charge is 0.490 e. The van der Waals surface area contributed by atoms with Gasteiger partial charge in [0.2, 0.25) is 0 Å². The number of nitrogen functional groups attached to an aromatic ring is 1. The van der Waals surface area contributed by atoms with Gasteiger partial charge in [-0.15, -0.1) is 0 Å². The Morgan fingerprint density at radius 3 is 2.86 bits per heavy atom. The number of benzene rings is 2. The van der Waals surface area contributed by atoms with E-state index in [1.54, 1.807) is 24.0 Å². The maximum atomic E-state index is 13.8. The van der Waals surface area contributed by atoms with Crippen molar-refractivity contribution in [1.82, 2.24) is 0 Å². The predicted molar refractivity (Wildman–Crippen MR) is 79.2 cm³/mol. The van der Waals surface area contributed by atoms with Gasteiger partial charge < -0.3 is 15.4 Å². The van der Waals surface area contributed by atoms with Crippen molar-refractivity contribution < 1.29 is 13.9 Å². The zero-order valence-corrected chi connectivity index (χ0v) is 11.6. The van der Waals surface area contributed by atoms with Gasteiger partial charge in [0.05, 0.1) is 12.2 Å². The van der Waals surface area contributed by atoms with Crippen molar-refractivity contribution in [2.45, 2.75) is 6.92 Å². The normalized spacial score (nSPS) is 13.5. The Morgan fingerprint density at radius 2 is 2.10 bits per heavy atom. The van der Waals surface area contributed by atoms with Crippen LogP contribution in [0.25, 0.3) is 0 Å². The van der Waals surface area contributed by atoms with E-state index in [0.717, 1.165) is 0 Å². The molecule has 4 nitrogen and oxygen atoms in total. The van der Waals surface area contributed by atoms with Crippen LogP contribution in [0.2, 0.25) is 0 Å². The summed E-state index contributed by atoms with van der Waals surface area (Å²) in [6, 6.07) is 10.0. The second-order valence-electron chi connectivity index (χ2n) is 4.95. The number of nitrogens with two attached hydrogens (primary N) is 1. The number of fused-ring (bicyclic) bond motifs is 1. The number of anilines is 2. The molecule has 1 aliphatic rings. The number of nitrogens with zero attached hydrogens (tertiary/aromatic N) is 1. The topological polar surface area (TPSA) is 55.6 Å². The summed E-state index contributed by atoms with van der Waals surface area (Å²) in [5.74, 6) is -0.103. The summed E-state index contributed by atoms with van der Waals surface area (Å²) in [6.07, 6.45) is 0. The SMILES string of the molecule is Cc1c(N)cc(C(=O)N2CCOc3ccccc32)cc1F. The number of carbonyl (C=O) groups is 1. The minimum atomic E-state index is -0.472. The van der Waals surface area contributed by atoms with E-state index < -0.39 is 5.82 Å². The molecule has 2 aromatic carbocycles. The molecule has 0 saturated heterocycles. The maximum Gasteiger partial charge on any atom is 0.258 e. The molecule has 1 heterocycles. The number of hydrogen-bond acceptors (Lipinski definition) is 3. The molecule has 0 saturated carbocycles. The predicted octanol–water partition coefficient (Wildman–Crippen LogP) is 2.76. The number of ether oxygens (including phenoxy) is 1. The number of halogens is 1. The van der Waals surface area contributed by atoms with Crippen molar-refractivity contribution in [3.8, 4) is 5.75 Å². The van der Waals surface area contributed by atoms with Gasteiger partial charge in [-0.3, -0.25) is 4.79 Å². The lowest BCUT2D eigenvalue weighted by Gasteiger charge is -2.29. The number of carbonyl (C=O) groups excluding carboxylic acids is 1. The highest BCUT2D eigenvalue weighted by atomic mass is 19.1. The van der Waals surface area contributed by atoms with E-state index in [2.05, 4.69) is 0 Å². The van der Waals surface area contributed by atoms with Crippen LogP contribution in [0.5, 0.6) is 5.75 Å². The lowest BCUT2D eigenvalue weighted by molar-refractivity contribution is 0.0976. The monoisotopic (exact) mass is 286 g/mol. The Kier molecular flexibility index (Phi) is 3.25. The molecule has 0 fully saturated rings. The molecule has 0 aliphatic carbocycles. The van der Waals surface area contributed by atoms with Crippen molar-refractivity contribution in [2.24, 2.45) is 0 Å². The van der Waals surface area contributed by atoms with Crippen LogP contribution in [0, 0.1) is 12.7 Å². The average molecular weight is 286 g/mol. The second-order valence-corrected chi connectivity index (χ2v) is 4.95. The molecule has 0 atom stereocenters. The van der Waals surface area contributed by atoms with Crippen molar-refractivity contribution >= 4 is 17.3 Å². The van der Waals surface area contributed by atoms with Crippen LogP contribution in [-0.4, -0.2) is 19.1 Å². The highest BCUT2D eigenvalue weighted by Gasteiger charge is 2.25. The van der Waals surface area contributed by atoms with Crippen LogP contribution in [0.4, 0.5) is 15.8 Å². The third-order valence-corrected chi connectivity index (χ3v) is 3.61. The molecule has 108 valence electrons. The molecule has 3 rings (SSSR count). The van der Waals surface area contributed by atoms with E-state index in [-0.39, 0.29) is 17.2 Å². The van der Waals surface area contributed by atoms with Gasteiger partial charge in [0, 0.05) is 16.8 Å². The third kappa shape index (κ3) is 2.31. The van der Waals surface area contributed by atoms with Gasteiger partial charge in [-0.05, 0) is 31.2 Å². The quantitative estimate of drug-likeness (QED) is 0.820. The summed E-state index contributed by atoms with van der Waals surface area (Å²) in [7, 11) is 0. The molecule has 1 amide bonds. The van der Waals surface area contributed by atoms with Crippen LogP contribution in [0.15, 0.2) is 36.4 Å². The van der Waals surface area contributed by atoms with Crippen LogP contribution < -0.4 is 15.4 Å². The van der Waals surface area contributed by atoms with Gasteiger partial charge in [-0.1, -0.05) is 12.1 Å². The summed E-state index contributed by atoms with van der Waals surface area (Å²) in [5, 5.41) is 0. The fourth-order valence-electron chi connectivity index (χ4n) is 2.36. The highest BCUT2D eigenvalue weighted by molar-refractivity contribution is 6.07. The highest BCUT2D eigenvalue weighted by Crippen LogP contribution is 2.32. The zero-order valence-electron chi connectivity index (χ0n) is 11.6. The molecule has 2 aromatic rings. The minimum absolute atomic E-state index is 0.243. The first kappa shape index (κ1) is 13.4. The first-order valence-corrected chi connectivity index (χ1v) is 6.67. The Labute approximate surface area is 121 Å². The third-order valence-electron chi connectivity index (χ3n) is 3.61. The maximum absolute atomic E-state index is 13.8. The van der Waals surface area contributed by atoms with Gasteiger partial charge >= 0.3 is 0 Å². The number of amides is 1. The van der Waals surface area contributed by atoms with E-state index in [4.69, 9.17) is 10.5 Å². The summed E-state index contributed by atoms with van der Waals surface area (Å²) in [6.45, 7) is 2.42. The van der Waals surface area contributed by atoms with Crippen molar-refractivity contribution in [2.75, 3.05) is 23.8 Å². The minimum Gasteiger partial charge on any atom is -0.490 e. The molecule has 0 radical (unpaired) electrons. The fourth-order valence-corrected chi connectivity index (χ4v) is 2.36. The number of rotatable bonds is 1. The molecule has 2 N–H and O–H groups in total. The van der Waals surface area contributed by atoms with Gasteiger partial charge in [-0.25, -0.2) is 4.39 Å². The first-order chi connectivity index (χ1) is 10.1. The lowest BCUT2D eigenvalue weighted by atomic mass is 10.1. The smallest absolute Gasteiger partial charge is 0.258 e. The lowest BCUT2D eigenvalue weighted by Crippen LogP contribution is -2.38. The molecule has 0 spiro atoms. The molecule has 0 unspecified atom stereocenters. The van der Waals surface area contributed by atoms with Crippen molar-refractivity contribution in [3.63, 3.8) is 0 Å². The molecular formula is C16H15FN2O2. The van der Waals surface area contributed by atoms with Crippen molar-refractivity contribution in [3.05, 3.63) is 53.3 Å². The van der Waals surface area contributed by atoms with E-state index in [0.29, 0.717) is 30.2 Å². The van der Waals surface area contributed by atoms with E-state index in [1.807, 2.05) is 12.1 Å². The van der Waals surface area contributed by atoms with Gasteiger partial charge in [0.1, 0.15) is 18.2 Å². The van der Waals surface area contributed by atoms with Crippen LogP contribution in [0.1, 0.15) is 15.9 Å². The summed E-state index contributed by atoms with van der Waals surface area (Å²) in [5.41, 5.74) is 7.31. The summed E-state index contributed by atoms with van der Waals surface area (Å²) >= 11 is 0. The Morgan fingerprint density at radius 1 is 1.33 bits per heavy atom. The molecule has 21 heavy (non-hydrogen) atoms. The molecule has 0 aromatic heterocycles. The van der Waals surface area contributed by atoms with Gasteiger partial charge in [0.15, 0.2) is 0 Å². The standard InChI is InChI=1S/C16H15FN2O2/c1-10-12(17)8-11(9-13(10)18)16(20)19-6-7-21-15-5-3-2-4-14(15)19/h2-5,8-9H,6-7,18H2,1H3. The van der Waals surface area contributed by atoms with E-state index in [9.17, 15) is 9.18 Å². The summed E-state index contributed by atoms with van der Waals surface area (Å²) in [4.78, 5) is 14.2. The van der Waals surface area contributed by atoms with Crippen molar-refractivity contribution in [1.29, 1.82) is 0 Å². The van der Waals surface area contributed by atoms with Gasteiger partial charge in [-0.2, -0.15) is 0 Å². The number of para-hydroxylation sites is 2. The second kappa shape index (κ2) is 5.09. The summed E-state index contributed by atoms with van der Waals surface area (Å²) < 4.78 is 19.3. The zero-order chi connectivity index (χ0) is 15.0. The molecule has 1 aliphatic heterocycles. The molecular weight excluding hydrogens is 271 g/mol. The first-order valence-electron chi connectivity index (χ1n) is 6.67. The van der Waals surface area contributed by atoms with Crippen LogP contribution >= 0.6 is 0 Å². The van der Waals surface area contributed by atoms with Crippen LogP contribution in [-0.2, 0) is 0 Å². The average Bonchev–Trinajstić information content (AvgIpc) is 2.51. The number of hydrogen-bond donors (Lipinski definition) is 1.